The molecule has 0 N–H and O–H groups in total. The van der Waals surface area contributed by atoms with E-state index in [1.54, 1.807) is 16.6 Å². The molecule has 1 fully saturated rings. The van der Waals surface area contributed by atoms with Gasteiger partial charge in [-0.15, -0.1) is 0 Å². The number of anilines is 1. The maximum Gasteiger partial charge on any atom is 0.410 e. The van der Waals surface area contributed by atoms with Crippen molar-refractivity contribution in [2.45, 2.75) is 32.9 Å². The summed E-state index contributed by atoms with van der Waals surface area (Å²) in [4.78, 5) is 28.9. The van der Waals surface area contributed by atoms with Crippen molar-refractivity contribution < 1.29 is 14.3 Å². The van der Waals surface area contributed by atoms with E-state index in [0.717, 1.165) is 11.1 Å². The fourth-order valence-electron chi connectivity index (χ4n) is 3.30. The third kappa shape index (κ3) is 4.65. The highest BCUT2D eigenvalue weighted by molar-refractivity contribution is 5.85. The molecular formula is C21H29N3O4. The van der Waals surface area contributed by atoms with Crippen molar-refractivity contribution in [3.8, 4) is 0 Å². The number of rotatable bonds is 4. The van der Waals surface area contributed by atoms with Gasteiger partial charge in [0.15, 0.2) is 0 Å². The summed E-state index contributed by atoms with van der Waals surface area (Å²) >= 11 is 0. The summed E-state index contributed by atoms with van der Waals surface area (Å²) in [7, 11) is 1.63. The molecule has 7 heteroatoms. The summed E-state index contributed by atoms with van der Waals surface area (Å²) in [5.74, 6) is 0. The van der Waals surface area contributed by atoms with Gasteiger partial charge in [-0.1, -0.05) is 6.07 Å². The van der Waals surface area contributed by atoms with Gasteiger partial charge in [-0.2, -0.15) is 0 Å². The summed E-state index contributed by atoms with van der Waals surface area (Å²) in [6.07, 6.45) is 1.54. The number of amides is 1. The van der Waals surface area contributed by atoms with Crippen molar-refractivity contribution in [3.05, 3.63) is 40.8 Å². The number of fused-ring (bicyclic) bond motifs is 1. The van der Waals surface area contributed by atoms with Gasteiger partial charge in [0.05, 0.1) is 6.61 Å². The van der Waals surface area contributed by atoms with Crippen LogP contribution in [0.2, 0.25) is 0 Å². The Bertz CT molecular complexity index is 893. The van der Waals surface area contributed by atoms with Crippen LogP contribution in [0, 0.1) is 0 Å². The normalized spacial score (nSPS) is 15.1. The Morgan fingerprint density at radius 1 is 1.11 bits per heavy atom. The second kappa shape index (κ2) is 8.22. The molecule has 152 valence electrons. The number of hydrogen-bond acceptors (Lipinski definition) is 5. The lowest BCUT2D eigenvalue weighted by Gasteiger charge is -2.36. The molecule has 1 saturated heterocycles. The van der Waals surface area contributed by atoms with E-state index in [1.165, 1.54) is 0 Å². The summed E-state index contributed by atoms with van der Waals surface area (Å²) in [5, 5.41) is 1.63. The third-order valence-corrected chi connectivity index (χ3v) is 4.80. The lowest BCUT2D eigenvalue weighted by Crippen LogP contribution is -2.50. The maximum atomic E-state index is 12.8. The van der Waals surface area contributed by atoms with Crippen molar-refractivity contribution in [3.63, 3.8) is 0 Å². The van der Waals surface area contributed by atoms with E-state index in [4.69, 9.17) is 9.47 Å². The minimum Gasteiger partial charge on any atom is -0.444 e. The molecule has 28 heavy (non-hydrogen) atoms. The molecule has 0 unspecified atom stereocenters. The van der Waals surface area contributed by atoms with Crippen LogP contribution in [0.4, 0.5) is 10.5 Å². The first-order valence-corrected chi connectivity index (χ1v) is 9.63. The van der Waals surface area contributed by atoms with Gasteiger partial charge in [0, 0.05) is 57.1 Å². The van der Waals surface area contributed by atoms with Gasteiger partial charge in [-0.3, -0.25) is 4.79 Å². The standard InChI is InChI=1S/C21H29N3O4/c1-21(2,3)28-20(26)24-11-9-22(10-12-24)17-6-5-16-7-8-23(13-14-27-4)19(25)18(16)15-17/h5-8,15H,9-14H2,1-4H3. The smallest absolute Gasteiger partial charge is 0.410 e. The highest BCUT2D eigenvalue weighted by Crippen LogP contribution is 2.22. The molecule has 2 heterocycles. The van der Waals surface area contributed by atoms with Crippen LogP contribution in [0.15, 0.2) is 35.3 Å². The second-order valence-electron chi connectivity index (χ2n) is 8.03. The molecule has 1 aromatic carbocycles. The summed E-state index contributed by atoms with van der Waals surface area (Å²) in [6, 6.07) is 7.91. The molecule has 0 aliphatic carbocycles. The number of nitrogens with zero attached hydrogens (tertiary/aromatic N) is 3. The number of aromatic nitrogens is 1. The van der Waals surface area contributed by atoms with E-state index >= 15 is 0 Å². The van der Waals surface area contributed by atoms with Gasteiger partial charge in [0.2, 0.25) is 0 Å². The molecule has 1 amide bonds. The first kappa shape index (κ1) is 20.2. The SMILES string of the molecule is COCCn1ccc2ccc(N3CCN(C(=O)OC(C)(C)C)CC3)cc2c1=O. The minimum absolute atomic E-state index is 0.0104. The van der Waals surface area contributed by atoms with Crippen LogP contribution in [0.5, 0.6) is 0 Å². The number of hydrogen-bond donors (Lipinski definition) is 0. The highest BCUT2D eigenvalue weighted by Gasteiger charge is 2.26. The lowest BCUT2D eigenvalue weighted by atomic mass is 10.1. The lowest BCUT2D eigenvalue weighted by molar-refractivity contribution is 0.0240. The second-order valence-corrected chi connectivity index (χ2v) is 8.03. The molecule has 1 aromatic heterocycles. The van der Waals surface area contributed by atoms with E-state index in [1.807, 2.05) is 51.2 Å². The molecule has 0 bridgehead atoms. The Morgan fingerprint density at radius 2 is 1.82 bits per heavy atom. The van der Waals surface area contributed by atoms with Crippen molar-refractivity contribution >= 4 is 22.6 Å². The van der Waals surface area contributed by atoms with Crippen molar-refractivity contribution in [1.82, 2.24) is 9.47 Å². The van der Waals surface area contributed by atoms with E-state index in [9.17, 15) is 9.59 Å². The number of carbonyl (C=O) groups is 1. The van der Waals surface area contributed by atoms with Crippen molar-refractivity contribution in [2.24, 2.45) is 0 Å². The Balaban J connectivity index is 1.73. The Morgan fingerprint density at radius 3 is 2.46 bits per heavy atom. The van der Waals surface area contributed by atoms with Gasteiger partial charge in [-0.05, 0) is 44.4 Å². The molecule has 0 saturated carbocycles. The fraction of sp³-hybridized carbons (Fsp3) is 0.524. The molecule has 1 aliphatic rings. The summed E-state index contributed by atoms with van der Waals surface area (Å²) in [5.41, 5.74) is 0.497. The average molecular weight is 387 g/mol. The first-order valence-electron chi connectivity index (χ1n) is 9.63. The Labute approximate surface area is 165 Å². The van der Waals surface area contributed by atoms with Crippen LogP contribution in [0.3, 0.4) is 0 Å². The van der Waals surface area contributed by atoms with E-state index < -0.39 is 5.60 Å². The zero-order valence-corrected chi connectivity index (χ0v) is 17.1. The first-order chi connectivity index (χ1) is 13.3. The van der Waals surface area contributed by atoms with E-state index in [2.05, 4.69) is 4.90 Å². The van der Waals surface area contributed by atoms with Gasteiger partial charge >= 0.3 is 6.09 Å². The number of benzene rings is 1. The zero-order chi connectivity index (χ0) is 20.3. The predicted octanol–water partition coefficient (Wildman–Crippen LogP) is 2.71. The Hall–Kier alpha value is -2.54. The molecule has 1 aliphatic heterocycles. The summed E-state index contributed by atoms with van der Waals surface area (Å²) < 4.78 is 12.2. The van der Waals surface area contributed by atoms with Gasteiger partial charge in [0.1, 0.15) is 5.60 Å². The van der Waals surface area contributed by atoms with Crippen molar-refractivity contribution in [2.75, 3.05) is 44.8 Å². The Kier molecular flexibility index (Phi) is 5.93. The predicted molar refractivity (Wildman–Crippen MR) is 110 cm³/mol. The molecule has 0 spiro atoms. The number of carbonyl (C=O) groups excluding carboxylic acids is 1. The van der Waals surface area contributed by atoms with Crippen LogP contribution < -0.4 is 10.5 Å². The summed E-state index contributed by atoms with van der Waals surface area (Å²) in [6.45, 7) is 9.24. The minimum atomic E-state index is -0.491. The van der Waals surface area contributed by atoms with Gasteiger partial charge in [-0.25, -0.2) is 4.79 Å². The monoisotopic (exact) mass is 387 g/mol. The van der Waals surface area contributed by atoms with Crippen LogP contribution in [-0.4, -0.2) is 61.1 Å². The quantitative estimate of drug-likeness (QED) is 0.807. The molecule has 7 nitrogen and oxygen atoms in total. The van der Waals surface area contributed by atoms with E-state index in [-0.39, 0.29) is 11.7 Å². The number of methoxy groups -OCH3 is 1. The fourth-order valence-corrected chi connectivity index (χ4v) is 3.30. The average Bonchev–Trinajstić information content (AvgIpc) is 2.66. The van der Waals surface area contributed by atoms with Gasteiger partial charge < -0.3 is 23.8 Å². The number of pyridine rings is 1. The van der Waals surface area contributed by atoms with Crippen molar-refractivity contribution in [1.29, 1.82) is 0 Å². The van der Waals surface area contributed by atoms with E-state index in [0.29, 0.717) is 44.7 Å². The molecule has 3 rings (SSSR count). The molecular weight excluding hydrogens is 358 g/mol. The molecule has 0 atom stereocenters. The highest BCUT2D eigenvalue weighted by atomic mass is 16.6. The number of piperazine rings is 1. The van der Waals surface area contributed by atoms with Crippen LogP contribution >= 0.6 is 0 Å². The largest absolute Gasteiger partial charge is 0.444 e. The maximum absolute atomic E-state index is 12.8. The van der Waals surface area contributed by atoms with Gasteiger partial charge in [0.25, 0.3) is 5.56 Å². The van der Waals surface area contributed by atoms with Crippen LogP contribution in [0.1, 0.15) is 20.8 Å². The molecule has 0 radical (unpaired) electrons. The topological polar surface area (TPSA) is 64.0 Å². The number of ether oxygens (including phenoxy) is 2. The third-order valence-electron chi connectivity index (χ3n) is 4.80. The van der Waals surface area contributed by atoms with Crippen LogP contribution in [-0.2, 0) is 16.0 Å². The molecule has 2 aromatic rings. The van der Waals surface area contributed by atoms with Crippen LogP contribution in [0.25, 0.3) is 10.8 Å². The zero-order valence-electron chi connectivity index (χ0n) is 17.1.